The van der Waals surface area contributed by atoms with Crippen LogP contribution < -0.4 is 4.90 Å². The second kappa shape index (κ2) is 5.95. The Labute approximate surface area is 123 Å². The van der Waals surface area contributed by atoms with E-state index in [1.54, 1.807) is 6.07 Å². The van der Waals surface area contributed by atoms with Gasteiger partial charge in [-0.1, -0.05) is 18.2 Å². The topological polar surface area (TPSA) is 77.9 Å². The lowest BCUT2D eigenvalue weighted by Gasteiger charge is -2.31. The number of anilines is 1. The summed E-state index contributed by atoms with van der Waals surface area (Å²) in [7, 11) is 1.43. The molecule has 2 amide bonds. The Hall–Kier alpha value is -2.37. The molecule has 0 spiro atoms. The van der Waals surface area contributed by atoms with Crippen molar-refractivity contribution in [3.63, 3.8) is 0 Å². The maximum Gasteiger partial charge on any atom is 0.326 e. The first-order valence-electron chi connectivity index (χ1n) is 6.78. The molecule has 1 unspecified atom stereocenters. The Morgan fingerprint density at radius 1 is 1.33 bits per heavy atom. The minimum absolute atomic E-state index is 0.113. The minimum Gasteiger partial charge on any atom is -0.480 e. The van der Waals surface area contributed by atoms with Crippen LogP contribution in [0.15, 0.2) is 24.3 Å². The Balaban J connectivity index is 2.17. The molecule has 0 fully saturated rings. The fourth-order valence-electron chi connectivity index (χ4n) is 2.30. The van der Waals surface area contributed by atoms with Crippen molar-refractivity contribution in [1.29, 1.82) is 0 Å². The zero-order valence-electron chi connectivity index (χ0n) is 12.1. The van der Waals surface area contributed by atoms with E-state index in [0.29, 0.717) is 12.8 Å². The summed E-state index contributed by atoms with van der Waals surface area (Å²) in [5.41, 5.74) is 1.76. The molecular weight excluding hydrogens is 272 g/mol. The molecule has 0 saturated heterocycles. The highest BCUT2D eigenvalue weighted by molar-refractivity contribution is 6.01. The third-order valence-electron chi connectivity index (χ3n) is 3.82. The summed E-state index contributed by atoms with van der Waals surface area (Å²) in [6.07, 6.45) is 1.03. The number of carboxylic acid groups (broad SMARTS) is 1. The highest BCUT2D eigenvalue weighted by Gasteiger charge is 2.29. The number of nitrogens with zero attached hydrogens (tertiary/aromatic N) is 2. The summed E-state index contributed by atoms with van der Waals surface area (Å²) in [4.78, 5) is 37.7. The number of fused-ring (bicyclic) bond motifs is 1. The van der Waals surface area contributed by atoms with Crippen LogP contribution in [0.1, 0.15) is 18.9 Å². The fraction of sp³-hybridized carbons (Fsp3) is 0.400. The van der Waals surface area contributed by atoms with Gasteiger partial charge < -0.3 is 14.9 Å². The maximum atomic E-state index is 12.2. The standard InChI is InChI=1S/C15H18N2O4/c1-10(15(20)21)16(2)14(19)9-17-12-6-4-3-5-11(12)7-8-13(17)18/h3-6,10H,7-9H2,1-2H3,(H,20,21). The second-order valence-electron chi connectivity index (χ2n) is 5.13. The van der Waals surface area contributed by atoms with Crippen LogP contribution in [0.2, 0.25) is 0 Å². The Kier molecular flexibility index (Phi) is 4.26. The number of aryl methyl sites for hydroxylation is 1. The molecule has 0 aliphatic carbocycles. The number of hydrogen-bond acceptors (Lipinski definition) is 3. The predicted molar refractivity (Wildman–Crippen MR) is 77.0 cm³/mol. The van der Waals surface area contributed by atoms with Crippen LogP contribution in [0, 0.1) is 0 Å². The van der Waals surface area contributed by atoms with Crippen molar-refractivity contribution in [3.05, 3.63) is 29.8 Å². The van der Waals surface area contributed by atoms with Crippen LogP contribution in [0.3, 0.4) is 0 Å². The average molecular weight is 290 g/mol. The molecule has 6 heteroatoms. The molecule has 1 atom stereocenters. The monoisotopic (exact) mass is 290 g/mol. The van der Waals surface area contributed by atoms with Gasteiger partial charge in [-0.05, 0) is 25.0 Å². The lowest BCUT2D eigenvalue weighted by Crippen LogP contribution is -2.47. The minimum atomic E-state index is -1.07. The highest BCUT2D eigenvalue weighted by Crippen LogP contribution is 2.27. The molecule has 1 N–H and O–H groups in total. The molecule has 0 saturated carbocycles. The van der Waals surface area contributed by atoms with Crippen LogP contribution >= 0.6 is 0 Å². The predicted octanol–water partition coefficient (Wildman–Crippen LogP) is 0.897. The van der Waals surface area contributed by atoms with Crippen molar-refractivity contribution in [2.75, 3.05) is 18.5 Å². The van der Waals surface area contributed by atoms with Gasteiger partial charge in [-0.25, -0.2) is 4.79 Å². The number of benzene rings is 1. The van der Waals surface area contributed by atoms with Gasteiger partial charge in [0.15, 0.2) is 0 Å². The van der Waals surface area contributed by atoms with Gasteiger partial charge in [0, 0.05) is 19.2 Å². The molecule has 21 heavy (non-hydrogen) atoms. The normalized spacial score (nSPS) is 15.3. The van der Waals surface area contributed by atoms with Gasteiger partial charge in [-0.2, -0.15) is 0 Å². The molecule has 1 aromatic rings. The maximum absolute atomic E-state index is 12.2. The van der Waals surface area contributed by atoms with Gasteiger partial charge in [0.2, 0.25) is 11.8 Å². The van der Waals surface area contributed by atoms with E-state index in [-0.39, 0.29) is 12.5 Å². The van der Waals surface area contributed by atoms with Crippen LogP contribution in [0.25, 0.3) is 0 Å². The third-order valence-corrected chi connectivity index (χ3v) is 3.82. The second-order valence-corrected chi connectivity index (χ2v) is 5.13. The molecule has 2 rings (SSSR count). The summed E-state index contributed by atoms with van der Waals surface area (Å²) >= 11 is 0. The number of amides is 2. The zero-order chi connectivity index (χ0) is 15.6. The van der Waals surface area contributed by atoms with Crippen molar-refractivity contribution in [1.82, 2.24) is 4.90 Å². The summed E-state index contributed by atoms with van der Waals surface area (Å²) in [5, 5.41) is 8.94. The van der Waals surface area contributed by atoms with Crippen LogP contribution in [-0.2, 0) is 20.8 Å². The number of carbonyl (C=O) groups is 3. The molecule has 0 bridgehead atoms. The quantitative estimate of drug-likeness (QED) is 0.893. The average Bonchev–Trinajstić information content (AvgIpc) is 2.48. The smallest absolute Gasteiger partial charge is 0.326 e. The van der Waals surface area contributed by atoms with Crippen molar-refractivity contribution in [3.8, 4) is 0 Å². The lowest BCUT2D eigenvalue weighted by atomic mass is 10.0. The molecule has 112 valence electrons. The van der Waals surface area contributed by atoms with Crippen LogP contribution in [0.4, 0.5) is 5.69 Å². The third kappa shape index (κ3) is 3.04. The SMILES string of the molecule is CC(C(=O)O)N(C)C(=O)CN1C(=O)CCc2ccccc21. The summed E-state index contributed by atoms with van der Waals surface area (Å²) < 4.78 is 0. The molecule has 1 aliphatic rings. The van der Waals surface area contributed by atoms with E-state index in [9.17, 15) is 14.4 Å². The molecule has 1 aliphatic heterocycles. The van der Waals surface area contributed by atoms with E-state index >= 15 is 0 Å². The largest absolute Gasteiger partial charge is 0.480 e. The van der Waals surface area contributed by atoms with Crippen LogP contribution in [-0.4, -0.2) is 47.4 Å². The number of rotatable bonds is 4. The van der Waals surface area contributed by atoms with Crippen molar-refractivity contribution in [2.45, 2.75) is 25.8 Å². The number of aliphatic carboxylic acids is 1. The summed E-state index contributed by atoms with van der Waals surface area (Å²) in [6.45, 7) is 1.30. The molecule has 0 radical (unpaired) electrons. The van der Waals surface area contributed by atoms with Gasteiger partial charge in [0.1, 0.15) is 12.6 Å². The number of hydrogen-bond donors (Lipinski definition) is 1. The van der Waals surface area contributed by atoms with Crippen molar-refractivity contribution in [2.24, 2.45) is 0 Å². The first kappa shape index (κ1) is 15.0. The van der Waals surface area contributed by atoms with E-state index in [2.05, 4.69) is 0 Å². The Bertz CT molecular complexity index is 585. The molecule has 1 heterocycles. The number of likely N-dealkylation sites (N-methyl/N-ethyl adjacent to an activating group) is 1. The van der Waals surface area contributed by atoms with Gasteiger partial charge >= 0.3 is 5.97 Å². The number of carboxylic acids is 1. The highest BCUT2D eigenvalue weighted by atomic mass is 16.4. The number of para-hydroxylation sites is 1. The van der Waals surface area contributed by atoms with E-state index in [1.165, 1.54) is 18.9 Å². The lowest BCUT2D eigenvalue weighted by molar-refractivity contribution is -0.147. The van der Waals surface area contributed by atoms with Crippen molar-refractivity contribution >= 4 is 23.5 Å². The van der Waals surface area contributed by atoms with Crippen LogP contribution in [0.5, 0.6) is 0 Å². The van der Waals surface area contributed by atoms with E-state index in [1.807, 2.05) is 18.2 Å². The van der Waals surface area contributed by atoms with E-state index in [4.69, 9.17) is 5.11 Å². The molecule has 0 aromatic heterocycles. The van der Waals surface area contributed by atoms with E-state index in [0.717, 1.165) is 16.2 Å². The summed E-state index contributed by atoms with van der Waals surface area (Å²) in [6, 6.07) is 6.53. The Morgan fingerprint density at radius 3 is 2.67 bits per heavy atom. The van der Waals surface area contributed by atoms with Gasteiger partial charge in [-0.15, -0.1) is 0 Å². The molecule has 1 aromatic carbocycles. The van der Waals surface area contributed by atoms with Gasteiger partial charge in [-0.3, -0.25) is 9.59 Å². The first-order chi connectivity index (χ1) is 9.91. The summed E-state index contributed by atoms with van der Waals surface area (Å²) in [5.74, 6) is -1.58. The van der Waals surface area contributed by atoms with Gasteiger partial charge in [0.25, 0.3) is 0 Å². The first-order valence-corrected chi connectivity index (χ1v) is 6.78. The van der Waals surface area contributed by atoms with Crippen molar-refractivity contribution < 1.29 is 19.5 Å². The Morgan fingerprint density at radius 2 is 2.00 bits per heavy atom. The molecular formula is C15H18N2O4. The molecule has 6 nitrogen and oxygen atoms in total. The van der Waals surface area contributed by atoms with Gasteiger partial charge in [0.05, 0.1) is 0 Å². The fourth-order valence-corrected chi connectivity index (χ4v) is 2.30. The number of carbonyl (C=O) groups excluding carboxylic acids is 2. The zero-order valence-corrected chi connectivity index (χ0v) is 12.1. The van der Waals surface area contributed by atoms with E-state index < -0.39 is 17.9 Å².